The lowest BCUT2D eigenvalue weighted by Gasteiger charge is -2.08. The molecule has 0 unspecified atom stereocenters. The fraction of sp³-hybridized carbons (Fsp3) is 0.368. The molecule has 142 valence electrons. The van der Waals surface area contributed by atoms with Crippen LogP contribution in [0.1, 0.15) is 35.6 Å². The average Bonchev–Trinajstić information content (AvgIpc) is 2.99. The van der Waals surface area contributed by atoms with Crippen LogP contribution in [0.4, 0.5) is 0 Å². The smallest absolute Gasteiger partial charge is 0.345 e. The Morgan fingerprint density at radius 2 is 2.00 bits per heavy atom. The summed E-state index contributed by atoms with van der Waals surface area (Å²) in [6, 6.07) is 5.55. The molecule has 2 aromatic heterocycles. The van der Waals surface area contributed by atoms with Crippen LogP contribution in [-0.2, 0) is 17.6 Å². The Hall–Kier alpha value is -2.67. The number of H-pyrrole nitrogens is 2. The van der Waals surface area contributed by atoms with E-state index in [1.54, 1.807) is 6.92 Å². The number of nitrogens with zero attached hydrogens (tertiary/aromatic N) is 2. The third kappa shape index (κ3) is 4.95. The van der Waals surface area contributed by atoms with Gasteiger partial charge in [-0.2, -0.15) is 4.98 Å². The molecular formula is C19H22ClN5O2. The van der Waals surface area contributed by atoms with E-state index in [9.17, 15) is 9.59 Å². The molecule has 0 radical (unpaired) electrons. The molecule has 0 aliphatic heterocycles. The number of hydrogen-bond acceptors (Lipinski definition) is 4. The quantitative estimate of drug-likeness (QED) is 0.542. The SMILES string of the molecule is Cc1nc(=O)[nH]c(C)c1CCC(=O)NCCCc1nc2ccc(Cl)cc2[nH]1. The fourth-order valence-corrected chi connectivity index (χ4v) is 3.26. The van der Waals surface area contributed by atoms with Gasteiger partial charge in [0.05, 0.1) is 11.0 Å². The maximum absolute atomic E-state index is 12.1. The lowest BCUT2D eigenvalue weighted by atomic mass is 10.1. The van der Waals surface area contributed by atoms with Crippen LogP contribution in [-0.4, -0.2) is 32.4 Å². The standard InChI is InChI=1S/C19H22ClN5O2/c1-11-14(12(2)23-19(27)22-11)6-8-18(26)21-9-3-4-17-24-15-7-5-13(20)10-16(15)25-17/h5,7,10H,3-4,6,8-9H2,1-2H3,(H,21,26)(H,24,25)(H,22,23,27). The maximum Gasteiger partial charge on any atom is 0.345 e. The van der Waals surface area contributed by atoms with Gasteiger partial charge in [0.2, 0.25) is 5.91 Å². The second kappa shape index (κ2) is 8.35. The van der Waals surface area contributed by atoms with Crippen molar-refractivity contribution >= 4 is 28.5 Å². The number of carbonyl (C=O) groups excluding carboxylic acids is 1. The lowest BCUT2D eigenvalue weighted by Crippen LogP contribution is -2.25. The number of nitrogens with one attached hydrogen (secondary N) is 3. The Kier molecular flexibility index (Phi) is 5.91. The number of carbonyl (C=O) groups is 1. The number of benzene rings is 1. The Bertz CT molecular complexity index is 998. The zero-order chi connectivity index (χ0) is 19.4. The molecule has 3 aromatic rings. The Morgan fingerprint density at radius 3 is 2.78 bits per heavy atom. The highest BCUT2D eigenvalue weighted by Crippen LogP contribution is 2.17. The molecule has 0 spiro atoms. The number of imidazole rings is 1. The summed E-state index contributed by atoms with van der Waals surface area (Å²) in [7, 11) is 0. The summed E-state index contributed by atoms with van der Waals surface area (Å²) in [5.41, 5.74) is 3.82. The number of fused-ring (bicyclic) bond motifs is 1. The van der Waals surface area contributed by atoms with E-state index in [1.807, 2.05) is 25.1 Å². The zero-order valence-corrected chi connectivity index (χ0v) is 16.1. The van der Waals surface area contributed by atoms with Gasteiger partial charge in [0.15, 0.2) is 0 Å². The fourth-order valence-electron chi connectivity index (χ4n) is 3.09. The van der Waals surface area contributed by atoms with Gasteiger partial charge in [0, 0.05) is 35.8 Å². The molecule has 0 saturated carbocycles. The first-order valence-corrected chi connectivity index (χ1v) is 9.27. The Balaban J connectivity index is 1.43. The van der Waals surface area contributed by atoms with Gasteiger partial charge in [-0.15, -0.1) is 0 Å². The van der Waals surface area contributed by atoms with Gasteiger partial charge >= 0.3 is 5.69 Å². The van der Waals surface area contributed by atoms with Gasteiger partial charge in [0.1, 0.15) is 5.82 Å². The van der Waals surface area contributed by atoms with E-state index >= 15 is 0 Å². The van der Waals surface area contributed by atoms with E-state index in [4.69, 9.17) is 11.6 Å². The van der Waals surface area contributed by atoms with Gasteiger partial charge in [-0.05, 0) is 50.5 Å². The third-order valence-corrected chi connectivity index (χ3v) is 4.70. The molecule has 3 rings (SSSR count). The number of amides is 1. The van der Waals surface area contributed by atoms with Crippen molar-refractivity contribution in [3.8, 4) is 0 Å². The van der Waals surface area contributed by atoms with Gasteiger partial charge < -0.3 is 15.3 Å². The van der Waals surface area contributed by atoms with E-state index in [-0.39, 0.29) is 11.6 Å². The first-order chi connectivity index (χ1) is 12.9. The van der Waals surface area contributed by atoms with Gasteiger partial charge in [0.25, 0.3) is 0 Å². The molecule has 0 fully saturated rings. The van der Waals surface area contributed by atoms with Crippen LogP contribution >= 0.6 is 11.6 Å². The predicted molar refractivity (Wildman–Crippen MR) is 105 cm³/mol. The summed E-state index contributed by atoms with van der Waals surface area (Å²) < 4.78 is 0. The largest absolute Gasteiger partial charge is 0.356 e. The summed E-state index contributed by atoms with van der Waals surface area (Å²) in [5, 5.41) is 3.60. The maximum atomic E-state index is 12.1. The monoisotopic (exact) mass is 387 g/mol. The van der Waals surface area contributed by atoms with E-state index in [0.29, 0.717) is 30.1 Å². The normalized spacial score (nSPS) is 11.1. The molecule has 0 aliphatic rings. The van der Waals surface area contributed by atoms with E-state index in [0.717, 1.165) is 41.0 Å². The minimum atomic E-state index is -0.356. The number of aromatic nitrogens is 4. The number of halogens is 1. The number of aromatic amines is 2. The highest BCUT2D eigenvalue weighted by molar-refractivity contribution is 6.31. The topological polar surface area (TPSA) is 104 Å². The van der Waals surface area contributed by atoms with Gasteiger partial charge in [-0.1, -0.05) is 11.6 Å². The van der Waals surface area contributed by atoms with Crippen molar-refractivity contribution in [1.82, 2.24) is 25.3 Å². The third-order valence-electron chi connectivity index (χ3n) is 4.46. The second-order valence-corrected chi connectivity index (χ2v) is 6.97. The van der Waals surface area contributed by atoms with Crippen LogP contribution in [0.2, 0.25) is 5.02 Å². The molecule has 2 heterocycles. The molecular weight excluding hydrogens is 366 g/mol. The van der Waals surface area contributed by atoms with Crippen LogP contribution in [0.15, 0.2) is 23.0 Å². The number of aryl methyl sites for hydroxylation is 3. The molecule has 7 nitrogen and oxygen atoms in total. The molecule has 3 N–H and O–H groups in total. The number of rotatable bonds is 7. The highest BCUT2D eigenvalue weighted by Gasteiger charge is 2.09. The summed E-state index contributed by atoms with van der Waals surface area (Å²) in [6.45, 7) is 4.19. The number of hydrogen-bond donors (Lipinski definition) is 3. The minimum Gasteiger partial charge on any atom is -0.356 e. The molecule has 1 amide bonds. The predicted octanol–water partition coefficient (Wildman–Crippen LogP) is 2.60. The summed E-state index contributed by atoms with van der Waals surface area (Å²) in [4.78, 5) is 37.7. The lowest BCUT2D eigenvalue weighted by molar-refractivity contribution is -0.121. The van der Waals surface area contributed by atoms with E-state index in [1.165, 1.54) is 0 Å². The second-order valence-electron chi connectivity index (χ2n) is 6.53. The zero-order valence-electron chi connectivity index (χ0n) is 15.4. The molecule has 27 heavy (non-hydrogen) atoms. The van der Waals surface area contributed by atoms with Crippen LogP contribution in [0, 0.1) is 13.8 Å². The highest BCUT2D eigenvalue weighted by atomic mass is 35.5. The molecule has 8 heteroatoms. The van der Waals surface area contributed by atoms with E-state index < -0.39 is 0 Å². The van der Waals surface area contributed by atoms with Crippen molar-refractivity contribution in [3.05, 3.63) is 56.5 Å². The summed E-state index contributed by atoms with van der Waals surface area (Å²) in [6.07, 6.45) is 2.45. The van der Waals surface area contributed by atoms with Crippen LogP contribution in [0.25, 0.3) is 11.0 Å². The minimum absolute atomic E-state index is 0.0172. The van der Waals surface area contributed by atoms with Crippen molar-refractivity contribution in [2.24, 2.45) is 0 Å². The van der Waals surface area contributed by atoms with Crippen molar-refractivity contribution in [2.75, 3.05) is 6.54 Å². The first kappa shape index (κ1) is 19.1. The molecule has 0 saturated heterocycles. The van der Waals surface area contributed by atoms with Gasteiger partial charge in [-0.25, -0.2) is 9.78 Å². The van der Waals surface area contributed by atoms with Gasteiger partial charge in [-0.3, -0.25) is 4.79 Å². The molecule has 0 atom stereocenters. The summed E-state index contributed by atoms with van der Waals surface area (Å²) in [5.74, 6) is 0.864. The van der Waals surface area contributed by atoms with Crippen LogP contribution < -0.4 is 11.0 Å². The van der Waals surface area contributed by atoms with Crippen molar-refractivity contribution < 1.29 is 4.79 Å². The van der Waals surface area contributed by atoms with Crippen LogP contribution in [0.5, 0.6) is 0 Å². The summed E-state index contributed by atoms with van der Waals surface area (Å²) >= 11 is 5.97. The van der Waals surface area contributed by atoms with Crippen LogP contribution in [0.3, 0.4) is 0 Å². The van der Waals surface area contributed by atoms with Crippen molar-refractivity contribution in [2.45, 2.75) is 39.5 Å². The first-order valence-electron chi connectivity index (χ1n) is 8.89. The Labute approximate surface area is 161 Å². The average molecular weight is 388 g/mol. The van der Waals surface area contributed by atoms with Crippen molar-refractivity contribution in [1.29, 1.82) is 0 Å². The molecule has 0 bridgehead atoms. The van der Waals surface area contributed by atoms with Crippen molar-refractivity contribution in [3.63, 3.8) is 0 Å². The Morgan fingerprint density at radius 1 is 1.19 bits per heavy atom. The van der Waals surface area contributed by atoms with E-state index in [2.05, 4.69) is 25.3 Å². The molecule has 1 aromatic carbocycles. The molecule has 0 aliphatic carbocycles.